The Morgan fingerprint density at radius 3 is 2.93 bits per heavy atom. The zero-order chi connectivity index (χ0) is 10.1. The van der Waals surface area contributed by atoms with Gasteiger partial charge >= 0.3 is 0 Å². The molecule has 0 radical (unpaired) electrons. The molecule has 1 heterocycles. The van der Waals surface area contributed by atoms with Crippen molar-refractivity contribution in [2.45, 2.75) is 17.5 Å². The molecule has 1 aliphatic rings. The van der Waals surface area contributed by atoms with Crippen LogP contribution >= 0.6 is 23.4 Å². The number of rotatable bonds is 1. The molecule has 1 aromatic rings. The van der Waals surface area contributed by atoms with E-state index >= 15 is 0 Å². The van der Waals surface area contributed by atoms with Crippen molar-refractivity contribution in [1.82, 2.24) is 5.32 Å². The van der Waals surface area contributed by atoms with Gasteiger partial charge in [0, 0.05) is 22.4 Å². The highest BCUT2D eigenvalue weighted by atomic mass is 35.5. The summed E-state index contributed by atoms with van der Waals surface area (Å²) in [6, 6.07) is 4.81. The summed E-state index contributed by atoms with van der Waals surface area (Å²) < 4.78 is 13.5. The summed E-state index contributed by atoms with van der Waals surface area (Å²) in [6.45, 7) is 3.02. The third-order valence-electron chi connectivity index (χ3n) is 2.22. The van der Waals surface area contributed by atoms with Crippen LogP contribution in [0.4, 0.5) is 4.39 Å². The molecule has 1 saturated heterocycles. The Morgan fingerprint density at radius 2 is 2.36 bits per heavy atom. The monoisotopic (exact) mass is 231 g/mol. The lowest BCUT2D eigenvalue weighted by atomic mass is 10.2. The molecule has 0 aliphatic carbocycles. The van der Waals surface area contributed by atoms with Gasteiger partial charge in [-0.3, -0.25) is 0 Å². The van der Waals surface area contributed by atoms with Crippen LogP contribution in [-0.2, 0) is 0 Å². The van der Waals surface area contributed by atoms with Crippen molar-refractivity contribution < 1.29 is 4.39 Å². The maximum Gasteiger partial charge on any atom is 0.130 e. The molecule has 1 fully saturated rings. The summed E-state index contributed by atoms with van der Waals surface area (Å²) >= 11 is 7.68. The van der Waals surface area contributed by atoms with Crippen LogP contribution < -0.4 is 5.32 Å². The molecule has 2 unspecified atom stereocenters. The van der Waals surface area contributed by atoms with Crippen LogP contribution in [0.3, 0.4) is 0 Å². The van der Waals surface area contributed by atoms with Gasteiger partial charge in [-0.15, -0.1) is 11.8 Å². The first-order valence-electron chi connectivity index (χ1n) is 4.51. The first-order chi connectivity index (χ1) is 6.68. The Labute approximate surface area is 92.0 Å². The van der Waals surface area contributed by atoms with E-state index in [0.717, 1.165) is 6.54 Å². The van der Waals surface area contributed by atoms with Crippen molar-refractivity contribution in [2.75, 3.05) is 6.54 Å². The second-order valence-electron chi connectivity index (χ2n) is 3.37. The summed E-state index contributed by atoms with van der Waals surface area (Å²) in [5.74, 6) is -0.225. The van der Waals surface area contributed by atoms with Crippen LogP contribution in [0, 0.1) is 5.82 Å². The Balaban J connectivity index is 2.31. The van der Waals surface area contributed by atoms with E-state index in [1.807, 2.05) is 0 Å². The summed E-state index contributed by atoms with van der Waals surface area (Å²) in [7, 11) is 0. The van der Waals surface area contributed by atoms with Crippen LogP contribution in [0.25, 0.3) is 0 Å². The Hall–Kier alpha value is -0.250. The average molecular weight is 232 g/mol. The number of halogens is 2. The number of nitrogens with one attached hydrogen (secondary N) is 1. The molecule has 0 spiro atoms. The van der Waals surface area contributed by atoms with E-state index in [2.05, 4.69) is 12.2 Å². The van der Waals surface area contributed by atoms with Gasteiger partial charge in [0.05, 0.1) is 5.37 Å². The Bertz CT molecular complexity index is 325. The van der Waals surface area contributed by atoms with Gasteiger partial charge in [0.2, 0.25) is 0 Å². The molecule has 0 saturated carbocycles. The van der Waals surface area contributed by atoms with Crippen molar-refractivity contribution >= 4 is 23.4 Å². The van der Waals surface area contributed by atoms with E-state index in [-0.39, 0.29) is 11.2 Å². The number of hydrogen-bond donors (Lipinski definition) is 1. The molecule has 1 aromatic carbocycles. The van der Waals surface area contributed by atoms with Crippen LogP contribution in [-0.4, -0.2) is 11.8 Å². The largest absolute Gasteiger partial charge is 0.300 e. The van der Waals surface area contributed by atoms with Gasteiger partial charge in [0.15, 0.2) is 0 Å². The maximum absolute atomic E-state index is 13.5. The predicted octanol–water partition coefficient (Wildman–Crippen LogP) is 3.20. The number of benzene rings is 1. The molecule has 0 aromatic heterocycles. The predicted molar refractivity (Wildman–Crippen MR) is 59.2 cm³/mol. The summed E-state index contributed by atoms with van der Waals surface area (Å²) in [5.41, 5.74) is 0.587. The topological polar surface area (TPSA) is 12.0 Å². The second kappa shape index (κ2) is 4.09. The van der Waals surface area contributed by atoms with Crippen molar-refractivity contribution in [3.63, 3.8) is 0 Å². The zero-order valence-electron chi connectivity index (χ0n) is 7.76. The standard InChI is InChI=1S/C10H11ClFNS/c1-6-5-13-10(14-6)9-7(11)3-2-4-8(9)12/h2-4,6,10,13H,5H2,1H3. The minimum atomic E-state index is -0.225. The fraction of sp³-hybridized carbons (Fsp3) is 0.400. The number of hydrogen-bond acceptors (Lipinski definition) is 2. The van der Waals surface area contributed by atoms with E-state index in [1.54, 1.807) is 23.9 Å². The molecule has 4 heteroatoms. The van der Waals surface area contributed by atoms with Gasteiger partial charge in [0.25, 0.3) is 0 Å². The lowest BCUT2D eigenvalue weighted by Crippen LogP contribution is -2.15. The molecule has 1 nitrogen and oxygen atoms in total. The molecule has 0 amide bonds. The normalized spacial score (nSPS) is 26.8. The molecule has 14 heavy (non-hydrogen) atoms. The molecular formula is C10H11ClFNS. The smallest absolute Gasteiger partial charge is 0.130 e. The molecule has 1 N–H and O–H groups in total. The maximum atomic E-state index is 13.5. The number of thioether (sulfide) groups is 1. The second-order valence-corrected chi connectivity index (χ2v) is 5.33. The van der Waals surface area contributed by atoms with E-state index < -0.39 is 0 Å². The lowest BCUT2D eigenvalue weighted by Gasteiger charge is -2.12. The molecule has 0 bridgehead atoms. The van der Waals surface area contributed by atoms with Gasteiger partial charge in [-0.2, -0.15) is 0 Å². The summed E-state index contributed by atoms with van der Waals surface area (Å²) in [6.07, 6.45) is 0. The molecule has 2 atom stereocenters. The van der Waals surface area contributed by atoms with Gasteiger partial charge in [-0.05, 0) is 12.1 Å². The van der Waals surface area contributed by atoms with Gasteiger partial charge in [0.1, 0.15) is 5.82 Å². The first-order valence-corrected chi connectivity index (χ1v) is 5.83. The lowest BCUT2D eigenvalue weighted by molar-refractivity contribution is 0.593. The van der Waals surface area contributed by atoms with Crippen molar-refractivity contribution in [3.05, 3.63) is 34.6 Å². The van der Waals surface area contributed by atoms with Crippen LogP contribution in [0.15, 0.2) is 18.2 Å². The quantitative estimate of drug-likeness (QED) is 0.797. The fourth-order valence-corrected chi connectivity index (χ4v) is 3.09. The zero-order valence-corrected chi connectivity index (χ0v) is 9.33. The van der Waals surface area contributed by atoms with Gasteiger partial charge in [-0.1, -0.05) is 24.6 Å². The van der Waals surface area contributed by atoms with Gasteiger partial charge < -0.3 is 5.32 Å². The van der Waals surface area contributed by atoms with Crippen molar-refractivity contribution in [2.24, 2.45) is 0 Å². The Morgan fingerprint density at radius 1 is 1.57 bits per heavy atom. The highest BCUT2D eigenvalue weighted by molar-refractivity contribution is 8.00. The average Bonchev–Trinajstić information content (AvgIpc) is 2.51. The Kier molecular flexibility index (Phi) is 3.00. The third kappa shape index (κ3) is 1.90. The third-order valence-corrected chi connectivity index (χ3v) is 3.86. The SMILES string of the molecule is CC1CNC(c2c(F)cccc2Cl)S1. The molecule has 1 aliphatic heterocycles. The van der Waals surface area contributed by atoms with E-state index in [4.69, 9.17) is 11.6 Å². The molecular weight excluding hydrogens is 221 g/mol. The van der Waals surface area contributed by atoms with E-state index in [9.17, 15) is 4.39 Å². The molecule has 2 rings (SSSR count). The highest BCUT2D eigenvalue weighted by Crippen LogP contribution is 2.38. The van der Waals surface area contributed by atoms with Crippen molar-refractivity contribution in [3.8, 4) is 0 Å². The van der Waals surface area contributed by atoms with E-state index in [1.165, 1.54) is 6.07 Å². The summed E-state index contributed by atoms with van der Waals surface area (Å²) in [5, 5.41) is 4.26. The van der Waals surface area contributed by atoms with E-state index in [0.29, 0.717) is 15.8 Å². The first kappa shape index (κ1) is 10.3. The van der Waals surface area contributed by atoms with Crippen LogP contribution in [0.5, 0.6) is 0 Å². The summed E-state index contributed by atoms with van der Waals surface area (Å²) in [4.78, 5) is 0. The minimum absolute atomic E-state index is 0.00120. The fourth-order valence-electron chi connectivity index (χ4n) is 1.53. The minimum Gasteiger partial charge on any atom is -0.300 e. The van der Waals surface area contributed by atoms with Crippen LogP contribution in [0.1, 0.15) is 17.9 Å². The van der Waals surface area contributed by atoms with Crippen LogP contribution in [0.2, 0.25) is 5.02 Å². The highest BCUT2D eigenvalue weighted by Gasteiger charge is 2.26. The van der Waals surface area contributed by atoms with Gasteiger partial charge in [-0.25, -0.2) is 4.39 Å². The van der Waals surface area contributed by atoms with Crippen molar-refractivity contribution in [1.29, 1.82) is 0 Å². The molecule has 76 valence electrons.